The fourth-order valence-electron chi connectivity index (χ4n) is 3.10. The van der Waals surface area contributed by atoms with E-state index < -0.39 is 6.09 Å². The van der Waals surface area contributed by atoms with Gasteiger partial charge in [0.2, 0.25) is 6.41 Å². The summed E-state index contributed by atoms with van der Waals surface area (Å²) >= 11 is 0. The first kappa shape index (κ1) is 20.7. The van der Waals surface area contributed by atoms with Crippen LogP contribution in [0.4, 0.5) is 4.79 Å². The van der Waals surface area contributed by atoms with Crippen LogP contribution in [0.25, 0.3) is 11.0 Å². The minimum atomic E-state index is -1.03. The zero-order valence-electron chi connectivity index (χ0n) is 16.3. The van der Waals surface area contributed by atoms with E-state index in [1.165, 1.54) is 0 Å². The Morgan fingerprint density at radius 1 is 1.37 bits per heavy atom. The van der Waals surface area contributed by atoms with E-state index >= 15 is 0 Å². The first-order chi connectivity index (χ1) is 13.0. The number of hydrogen-bond acceptors (Lipinski definition) is 4. The van der Waals surface area contributed by atoms with Crippen molar-refractivity contribution in [3.8, 4) is 0 Å². The van der Waals surface area contributed by atoms with Crippen molar-refractivity contribution in [2.24, 2.45) is 0 Å². The molecule has 0 spiro atoms. The van der Waals surface area contributed by atoms with E-state index in [1.807, 2.05) is 30.7 Å². The molecule has 2 aromatic rings. The van der Waals surface area contributed by atoms with Crippen molar-refractivity contribution in [3.63, 3.8) is 0 Å². The summed E-state index contributed by atoms with van der Waals surface area (Å²) in [5.41, 5.74) is 2.49. The Balaban J connectivity index is 2.24. The maximum Gasteiger partial charge on any atom is 0.404 e. The van der Waals surface area contributed by atoms with Gasteiger partial charge in [0.1, 0.15) is 0 Å². The van der Waals surface area contributed by atoms with Crippen molar-refractivity contribution in [1.82, 2.24) is 25.0 Å². The smallest absolute Gasteiger partial charge is 0.404 e. The summed E-state index contributed by atoms with van der Waals surface area (Å²) in [6.07, 6.45) is 3.63. The normalized spacial score (nSPS) is 12.1. The van der Waals surface area contributed by atoms with E-state index in [0.717, 1.165) is 48.1 Å². The van der Waals surface area contributed by atoms with Gasteiger partial charge in [0.15, 0.2) is 5.65 Å². The van der Waals surface area contributed by atoms with E-state index in [4.69, 9.17) is 10.2 Å². The summed E-state index contributed by atoms with van der Waals surface area (Å²) in [4.78, 5) is 28.6. The topological polar surface area (TPSA) is 100 Å². The number of carbonyl (C=O) groups excluding carboxylic acids is 1. The van der Waals surface area contributed by atoms with Gasteiger partial charge in [-0.15, -0.1) is 0 Å². The highest BCUT2D eigenvalue weighted by molar-refractivity contribution is 5.79. The molecule has 2 N–H and O–H groups in total. The molecule has 0 saturated carbocycles. The number of carbonyl (C=O) groups is 2. The van der Waals surface area contributed by atoms with Crippen molar-refractivity contribution < 1.29 is 14.7 Å². The minimum absolute atomic E-state index is 0.148. The molecule has 0 radical (unpaired) electrons. The van der Waals surface area contributed by atoms with Crippen molar-refractivity contribution in [1.29, 1.82) is 0 Å². The van der Waals surface area contributed by atoms with Crippen LogP contribution >= 0.6 is 0 Å². The number of amides is 2. The van der Waals surface area contributed by atoms with Gasteiger partial charge < -0.3 is 15.3 Å². The zero-order chi connectivity index (χ0) is 19.8. The summed E-state index contributed by atoms with van der Waals surface area (Å²) in [5.74, 6) is 0. The van der Waals surface area contributed by atoms with Gasteiger partial charge in [-0.2, -0.15) is 5.10 Å². The number of aromatic nitrogens is 3. The lowest BCUT2D eigenvalue weighted by Crippen LogP contribution is -2.27. The number of rotatable bonds is 11. The predicted octanol–water partition coefficient (Wildman–Crippen LogP) is 3.11. The quantitative estimate of drug-likeness (QED) is 0.464. The molecule has 1 unspecified atom stereocenters. The molecule has 2 amide bonds. The second-order valence-corrected chi connectivity index (χ2v) is 6.74. The first-order valence-corrected chi connectivity index (χ1v) is 9.49. The maximum atomic E-state index is 11.6. The number of pyridine rings is 1. The van der Waals surface area contributed by atoms with E-state index in [1.54, 1.807) is 4.90 Å². The number of carboxylic acid groups (broad SMARTS) is 1. The number of hydrogen-bond donors (Lipinski definition) is 2. The molecule has 8 heteroatoms. The van der Waals surface area contributed by atoms with Crippen LogP contribution in [0.1, 0.15) is 57.0 Å². The maximum absolute atomic E-state index is 11.6. The van der Waals surface area contributed by atoms with Gasteiger partial charge in [-0.25, -0.2) is 14.5 Å². The molecule has 2 rings (SSSR count). The molecule has 0 aliphatic heterocycles. The molecule has 1 atom stereocenters. The van der Waals surface area contributed by atoms with E-state index in [-0.39, 0.29) is 6.04 Å². The summed E-state index contributed by atoms with van der Waals surface area (Å²) in [5, 5.41) is 16.7. The number of unbranched alkanes of at least 4 members (excludes halogenated alkanes) is 2. The predicted molar refractivity (Wildman–Crippen MR) is 104 cm³/mol. The van der Waals surface area contributed by atoms with Crippen LogP contribution in [0.5, 0.6) is 0 Å². The molecule has 2 heterocycles. The highest BCUT2D eigenvalue weighted by atomic mass is 16.4. The van der Waals surface area contributed by atoms with Crippen LogP contribution in [-0.2, 0) is 11.3 Å². The second kappa shape index (κ2) is 9.89. The van der Waals surface area contributed by atoms with Gasteiger partial charge in [0.25, 0.3) is 0 Å². The van der Waals surface area contributed by atoms with Crippen molar-refractivity contribution in [2.75, 3.05) is 13.1 Å². The van der Waals surface area contributed by atoms with E-state index in [9.17, 15) is 9.59 Å². The highest BCUT2D eigenvalue weighted by Crippen LogP contribution is 2.27. The molecule has 0 saturated heterocycles. The summed E-state index contributed by atoms with van der Waals surface area (Å²) in [7, 11) is 0. The Bertz CT molecular complexity index is 774. The van der Waals surface area contributed by atoms with Crippen LogP contribution in [0.2, 0.25) is 0 Å². The fourth-order valence-corrected chi connectivity index (χ4v) is 3.10. The first-order valence-electron chi connectivity index (χ1n) is 9.49. The van der Waals surface area contributed by atoms with E-state index in [0.29, 0.717) is 26.1 Å². The molecule has 27 heavy (non-hydrogen) atoms. The molecule has 8 nitrogen and oxygen atoms in total. The summed E-state index contributed by atoms with van der Waals surface area (Å²) in [6, 6.07) is 3.79. The molecule has 0 bridgehead atoms. The minimum Gasteiger partial charge on any atom is -0.465 e. The number of fused-ring (bicyclic) bond motifs is 1. The molecule has 0 aliphatic rings. The van der Waals surface area contributed by atoms with Gasteiger partial charge in [-0.1, -0.05) is 19.8 Å². The Hall–Kier alpha value is -2.64. The van der Waals surface area contributed by atoms with Crippen LogP contribution in [0.15, 0.2) is 12.1 Å². The van der Waals surface area contributed by atoms with Crippen LogP contribution in [0.3, 0.4) is 0 Å². The number of nitrogens with zero attached hydrogens (tertiary/aromatic N) is 4. The average Bonchev–Trinajstić information content (AvgIpc) is 2.99. The highest BCUT2D eigenvalue weighted by Gasteiger charge is 2.21. The number of aryl methyl sites for hydroxylation is 2. The van der Waals surface area contributed by atoms with Gasteiger partial charge in [0, 0.05) is 30.7 Å². The lowest BCUT2D eigenvalue weighted by atomic mass is 10.1. The zero-order valence-corrected chi connectivity index (χ0v) is 16.3. The number of nitrogens with one attached hydrogen (secondary N) is 1. The standard InChI is InChI=1S/C19H29N5O3/c1-4-5-6-11-23(13-25)15(3)17-16-9-8-14(2)21-18(16)24(22-17)12-7-10-20-19(26)27/h8-9,13,15,20H,4-7,10-12H2,1-3H3,(H,26,27). The van der Waals surface area contributed by atoms with Gasteiger partial charge in [-0.3, -0.25) is 4.79 Å². The molecular formula is C19H29N5O3. The largest absolute Gasteiger partial charge is 0.465 e. The molecule has 0 fully saturated rings. The van der Waals surface area contributed by atoms with Gasteiger partial charge in [0.05, 0.1) is 11.7 Å². The Kier molecular flexibility index (Phi) is 7.57. The SMILES string of the molecule is CCCCCN(C=O)C(C)c1nn(CCCNC(=O)O)c2nc(C)ccc12. The molecule has 148 valence electrons. The Morgan fingerprint density at radius 3 is 2.81 bits per heavy atom. The monoisotopic (exact) mass is 375 g/mol. The molecular weight excluding hydrogens is 346 g/mol. The molecule has 0 aliphatic carbocycles. The lowest BCUT2D eigenvalue weighted by molar-refractivity contribution is -0.120. The third-order valence-electron chi connectivity index (χ3n) is 4.63. The lowest BCUT2D eigenvalue weighted by Gasteiger charge is -2.24. The Labute approximate surface area is 159 Å². The van der Waals surface area contributed by atoms with Gasteiger partial charge in [-0.05, 0) is 38.8 Å². The molecule has 0 aromatic carbocycles. The van der Waals surface area contributed by atoms with Crippen LogP contribution in [-0.4, -0.2) is 50.4 Å². The Morgan fingerprint density at radius 2 is 2.15 bits per heavy atom. The second-order valence-electron chi connectivity index (χ2n) is 6.74. The summed E-state index contributed by atoms with van der Waals surface area (Å²) in [6.45, 7) is 7.65. The average molecular weight is 375 g/mol. The van der Waals surface area contributed by atoms with E-state index in [2.05, 4.69) is 17.2 Å². The third-order valence-corrected chi connectivity index (χ3v) is 4.63. The fraction of sp³-hybridized carbons (Fsp3) is 0.579. The van der Waals surface area contributed by atoms with Crippen molar-refractivity contribution >= 4 is 23.5 Å². The van der Waals surface area contributed by atoms with Crippen molar-refractivity contribution in [3.05, 3.63) is 23.5 Å². The van der Waals surface area contributed by atoms with Gasteiger partial charge >= 0.3 is 6.09 Å². The molecule has 2 aromatic heterocycles. The van der Waals surface area contributed by atoms with Crippen molar-refractivity contribution in [2.45, 2.75) is 59.0 Å². The van der Waals surface area contributed by atoms with Crippen LogP contribution in [0, 0.1) is 6.92 Å². The van der Waals surface area contributed by atoms with Crippen LogP contribution < -0.4 is 5.32 Å². The third kappa shape index (κ3) is 5.42. The summed E-state index contributed by atoms with van der Waals surface area (Å²) < 4.78 is 1.81.